The number of benzene rings is 2. The van der Waals surface area contributed by atoms with Crippen LogP contribution in [0.15, 0.2) is 41.0 Å². The zero-order chi connectivity index (χ0) is 20.2. The minimum absolute atomic E-state index is 0.139. The van der Waals surface area contributed by atoms with Gasteiger partial charge < -0.3 is 5.11 Å². The molecule has 0 amide bonds. The number of halogens is 2. The molecule has 1 aromatic heterocycles. The highest BCUT2D eigenvalue weighted by atomic mass is 79.9. The first-order valence-corrected chi connectivity index (χ1v) is 11.5. The van der Waals surface area contributed by atoms with E-state index in [1.807, 2.05) is 10.9 Å². The number of aliphatic hydroxyl groups excluding tert-OH is 1. The quantitative estimate of drug-likeness (QED) is 0.507. The second-order valence-corrected chi connectivity index (χ2v) is 9.51. The molecule has 0 aliphatic heterocycles. The number of hydrogen-bond donors (Lipinski definition) is 1. The zero-order valence-corrected chi connectivity index (χ0v) is 18.3. The fourth-order valence-electron chi connectivity index (χ4n) is 5.89. The summed E-state index contributed by atoms with van der Waals surface area (Å²) in [6, 6.07) is 8.84. The van der Waals surface area contributed by atoms with Crippen molar-refractivity contribution in [1.29, 1.82) is 0 Å². The van der Waals surface area contributed by atoms with Gasteiger partial charge in [-0.15, -0.1) is 0 Å². The highest BCUT2D eigenvalue weighted by molar-refractivity contribution is 9.10. The van der Waals surface area contributed by atoms with Gasteiger partial charge in [-0.3, -0.25) is 0 Å². The zero-order valence-electron chi connectivity index (χ0n) is 16.7. The average Bonchev–Trinajstić information content (AvgIpc) is 3.08. The fourth-order valence-corrected chi connectivity index (χ4v) is 6.70. The monoisotopic (exact) mass is 456 g/mol. The van der Waals surface area contributed by atoms with Gasteiger partial charge in [-0.2, -0.15) is 5.10 Å². The van der Waals surface area contributed by atoms with E-state index in [-0.39, 0.29) is 17.3 Å². The summed E-state index contributed by atoms with van der Waals surface area (Å²) in [6.45, 7) is 2.31. The van der Waals surface area contributed by atoms with Crippen LogP contribution in [0.5, 0.6) is 0 Å². The molecule has 2 aromatic carbocycles. The van der Waals surface area contributed by atoms with Gasteiger partial charge in [-0.05, 0) is 114 Å². The van der Waals surface area contributed by atoms with E-state index in [0.29, 0.717) is 5.92 Å². The molecule has 3 nitrogen and oxygen atoms in total. The third-order valence-corrected chi connectivity index (χ3v) is 8.23. The van der Waals surface area contributed by atoms with Crippen LogP contribution in [-0.2, 0) is 11.8 Å². The Morgan fingerprint density at radius 2 is 2.07 bits per heavy atom. The third-order valence-electron chi connectivity index (χ3n) is 7.37. The van der Waals surface area contributed by atoms with Crippen molar-refractivity contribution in [3.63, 3.8) is 0 Å². The van der Waals surface area contributed by atoms with Crippen LogP contribution < -0.4 is 0 Å². The first kappa shape index (κ1) is 19.3. The average molecular weight is 457 g/mol. The van der Waals surface area contributed by atoms with E-state index in [4.69, 9.17) is 0 Å². The minimum Gasteiger partial charge on any atom is -0.393 e. The normalized spacial score (nSPS) is 26.8. The molecule has 0 saturated heterocycles. The Bertz CT molecular complexity index is 1060. The summed E-state index contributed by atoms with van der Waals surface area (Å²) in [4.78, 5) is 0. The molecule has 3 aromatic rings. The molecule has 3 atom stereocenters. The SMILES string of the molecule is CCC12CCC(O)CC1CCCc1c2cc2cnn(-c3ccc(F)cc3)c2c1Br. The smallest absolute Gasteiger partial charge is 0.123 e. The summed E-state index contributed by atoms with van der Waals surface area (Å²) in [6.07, 6.45) is 9.06. The van der Waals surface area contributed by atoms with Gasteiger partial charge in [-0.25, -0.2) is 9.07 Å². The molecule has 152 valence electrons. The molecule has 2 aliphatic rings. The molecule has 29 heavy (non-hydrogen) atoms. The van der Waals surface area contributed by atoms with E-state index in [2.05, 4.69) is 34.0 Å². The van der Waals surface area contributed by atoms with Crippen LogP contribution in [0.2, 0.25) is 0 Å². The molecule has 1 N–H and O–H groups in total. The van der Waals surface area contributed by atoms with Crippen LogP contribution >= 0.6 is 15.9 Å². The summed E-state index contributed by atoms with van der Waals surface area (Å²) in [5.41, 5.74) is 4.89. The van der Waals surface area contributed by atoms with Crippen LogP contribution in [0.25, 0.3) is 16.6 Å². The predicted octanol–water partition coefficient (Wildman–Crippen LogP) is 6.07. The van der Waals surface area contributed by atoms with Crippen molar-refractivity contribution in [2.24, 2.45) is 5.92 Å². The molecule has 0 bridgehead atoms. The second-order valence-electron chi connectivity index (χ2n) is 8.71. The van der Waals surface area contributed by atoms with E-state index in [1.54, 1.807) is 12.1 Å². The first-order chi connectivity index (χ1) is 14.0. The summed E-state index contributed by atoms with van der Waals surface area (Å²) >= 11 is 3.94. The molecule has 2 aliphatic carbocycles. The Morgan fingerprint density at radius 1 is 1.28 bits per heavy atom. The third kappa shape index (κ3) is 2.97. The van der Waals surface area contributed by atoms with Crippen LogP contribution in [0.4, 0.5) is 4.39 Å². The second kappa shape index (κ2) is 7.21. The summed E-state index contributed by atoms with van der Waals surface area (Å²) in [5.74, 6) is 0.294. The molecule has 1 fully saturated rings. The van der Waals surface area contributed by atoms with Crippen molar-refractivity contribution in [2.45, 2.75) is 63.4 Å². The van der Waals surface area contributed by atoms with Crippen LogP contribution in [0, 0.1) is 11.7 Å². The largest absolute Gasteiger partial charge is 0.393 e. The molecule has 3 unspecified atom stereocenters. The van der Waals surface area contributed by atoms with Crippen molar-refractivity contribution in [3.8, 4) is 5.69 Å². The van der Waals surface area contributed by atoms with Gasteiger partial charge in [-0.1, -0.05) is 6.92 Å². The van der Waals surface area contributed by atoms with Gasteiger partial charge in [0.25, 0.3) is 0 Å². The lowest BCUT2D eigenvalue weighted by molar-refractivity contribution is 0.0452. The Balaban J connectivity index is 1.72. The number of nitrogens with zero attached hydrogens (tertiary/aromatic N) is 2. The van der Waals surface area contributed by atoms with Gasteiger partial charge in [0.2, 0.25) is 0 Å². The number of aromatic nitrogens is 2. The lowest BCUT2D eigenvalue weighted by Gasteiger charge is -2.46. The van der Waals surface area contributed by atoms with E-state index in [0.717, 1.165) is 59.6 Å². The maximum Gasteiger partial charge on any atom is 0.123 e. The van der Waals surface area contributed by atoms with Crippen molar-refractivity contribution in [3.05, 3.63) is 57.9 Å². The molecule has 5 rings (SSSR count). The lowest BCUT2D eigenvalue weighted by atomic mass is 9.59. The molecule has 1 saturated carbocycles. The van der Waals surface area contributed by atoms with E-state index in [1.165, 1.54) is 29.7 Å². The number of aliphatic hydroxyl groups is 1. The van der Waals surface area contributed by atoms with E-state index < -0.39 is 0 Å². The lowest BCUT2D eigenvalue weighted by Crippen LogP contribution is -2.41. The number of rotatable bonds is 2. The maximum absolute atomic E-state index is 13.4. The van der Waals surface area contributed by atoms with Gasteiger partial charge >= 0.3 is 0 Å². The Hall–Kier alpha value is -1.72. The fraction of sp³-hybridized carbons (Fsp3) is 0.458. The molecule has 0 spiro atoms. The summed E-state index contributed by atoms with van der Waals surface area (Å²) < 4.78 is 16.4. The molecule has 5 heteroatoms. The predicted molar refractivity (Wildman–Crippen MR) is 117 cm³/mol. The van der Waals surface area contributed by atoms with Crippen LogP contribution in [-0.4, -0.2) is 21.0 Å². The van der Waals surface area contributed by atoms with Gasteiger partial charge in [0, 0.05) is 9.86 Å². The van der Waals surface area contributed by atoms with E-state index >= 15 is 0 Å². The first-order valence-electron chi connectivity index (χ1n) is 10.7. The van der Waals surface area contributed by atoms with Crippen molar-refractivity contribution >= 4 is 26.8 Å². The number of hydrogen-bond acceptors (Lipinski definition) is 2. The van der Waals surface area contributed by atoms with Crippen molar-refractivity contribution in [1.82, 2.24) is 9.78 Å². The Labute approximate surface area is 179 Å². The number of fused-ring (bicyclic) bond motifs is 4. The van der Waals surface area contributed by atoms with Crippen LogP contribution in [0.1, 0.15) is 56.6 Å². The standard InChI is InChI=1S/C24H26BrFN2O/c1-2-24-11-10-19(29)13-16(24)4-3-5-20-21(24)12-15-14-27-28(23(15)22(20)25)18-8-6-17(26)7-9-18/h6-9,12,14,16,19,29H,2-5,10-11,13H2,1H3. The van der Waals surface area contributed by atoms with Crippen LogP contribution in [0.3, 0.4) is 0 Å². The Kier molecular flexibility index (Phi) is 4.78. The van der Waals surface area contributed by atoms with Crippen molar-refractivity contribution < 1.29 is 9.50 Å². The van der Waals surface area contributed by atoms with E-state index in [9.17, 15) is 9.50 Å². The maximum atomic E-state index is 13.4. The van der Waals surface area contributed by atoms with Gasteiger partial charge in [0.1, 0.15) is 5.82 Å². The summed E-state index contributed by atoms with van der Waals surface area (Å²) in [7, 11) is 0. The molecular formula is C24H26BrFN2O. The van der Waals surface area contributed by atoms with Gasteiger partial charge in [0.15, 0.2) is 0 Å². The van der Waals surface area contributed by atoms with Crippen molar-refractivity contribution in [2.75, 3.05) is 0 Å². The molecule has 1 heterocycles. The Morgan fingerprint density at radius 3 is 2.83 bits per heavy atom. The van der Waals surface area contributed by atoms with Gasteiger partial charge in [0.05, 0.1) is 23.5 Å². The molecular weight excluding hydrogens is 431 g/mol. The highest BCUT2D eigenvalue weighted by Crippen LogP contribution is 2.53. The summed E-state index contributed by atoms with van der Waals surface area (Å²) in [5, 5.41) is 16.1. The molecule has 0 radical (unpaired) electrons. The topological polar surface area (TPSA) is 38.1 Å². The minimum atomic E-state index is -0.242. The highest BCUT2D eigenvalue weighted by Gasteiger charge is 2.45.